The van der Waals surface area contributed by atoms with Gasteiger partial charge in [-0.1, -0.05) is 24.3 Å². The maximum Gasteiger partial charge on any atom is 0.247 e. The summed E-state index contributed by atoms with van der Waals surface area (Å²) in [4.78, 5) is 0. The van der Waals surface area contributed by atoms with Crippen molar-refractivity contribution >= 4 is 15.7 Å². The van der Waals surface area contributed by atoms with Crippen LogP contribution in [0.5, 0.6) is 0 Å². The van der Waals surface area contributed by atoms with Crippen LogP contribution < -0.4 is 4.72 Å². The summed E-state index contributed by atoms with van der Waals surface area (Å²) in [6, 6.07) is 14.2. The molecule has 1 heterocycles. The second-order valence-corrected chi connectivity index (χ2v) is 7.21. The number of hydrogen-bond acceptors (Lipinski definition) is 5. The average Bonchev–Trinajstić information content (AvgIpc) is 2.96. The van der Waals surface area contributed by atoms with Gasteiger partial charge in [-0.3, -0.25) is 4.72 Å². The molecule has 2 aromatic carbocycles. The summed E-state index contributed by atoms with van der Waals surface area (Å²) < 4.78 is 32.6. The molecule has 0 aliphatic rings. The Morgan fingerprint density at radius 1 is 1.00 bits per heavy atom. The Morgan fingerprint density at radius 3 is 2.33 bits per heavy atom. The van der Waals surface area contributed by atoms with Crippen molar-refractivity contribution in [3.8, 4) is 11.5 Å². The molecule has 0 atom stereocenters. The lowest BCUT2D eigenvalue weighted by atomic mass is 10.1. The van der Waals surface area contributed by atoms with E-state index in [9.17, 15) is 8.42 Å². The van der Waals surface area contributed by atoms with E-state index >= 15 is 0 Å². The van der Waals surface area contributed by atoms with Crippen molar-refractivity contribution in [3.05, 3.63) is 65.5 Å². The molecule has 0 aliphatic carbocycles. The summed E-state index contributed by atoms with van der Waals surface area (Å²) in [5.41, 5.74) is 2.95. The van der Waals surface area contributed by atoms with Crippen LogP contribution in [0.25, 0.3) is 11.5 Å². The quantitative estimate of drug-likeness (QED) is 0.768. The van der Waals surface area contributed by atoms with E-state index in [1.165, 1.54) is 0 Å². The zero-order chi connectivity index (χ0) is 17.2. The number of nitrogens with zero attached hydrogens (tertiary/aromatic N) is 2. The molecule has 0 spiro atoms. The van der Waals surface area contributed by atoms with E-state index in [0.29, 0.717) is 17.5 Å². The minimum Gasteiger partial charge on any atom is -0.421 e. The Kier molecular flexibility index (Phi) is 4.35. The number of sulfonamides is 1. The molecule has 124 valence electrons. The maximum absolute atomic E-state index is 12.3. The van der Waals surface area contributed by atoms with Crippen LogP contribution in [-0.2, 0) is 15.8 Å². The van der Waals surface area contributed by atoms with Gasteiger partial charge >= 0.3 is 0 Å². The predicted octanol–water partition coefficient (Wildman–Crippen LogP) is 3.30. The fraction of sp³-hybridized carbons (Fsp3) is 0.176. The van der Waals surface area contributed by atoms with Crippen LogP contribution in [0.2, 0.25) is 0 Å². The number of rotatable bonds is 5. The Bertz CT molecular complexity index is 947. The smallest absolute Gasteiger partial charge is 0.247 e. The largest absolute Gasteiger partial charge is 0.421 e. The number of aromatic nitrogens is 2. The van der Waals surface area contributed by atoms with Gasteiger partial charge in [0, 0.05) is 18.2 Å². The van der Waals surface area contributed by atoms with Crippen molar-refractivity contribution in [1.82, 2.24) is 10.2 Å². The van der Waals surface area contributed by atoms with Gasteiger partial charge in [-0.05, 0) is 42.3 Å². The van der Waals surface area contributed by atoms with Crippen LogP contribution >= 0.6 is 0 Å². The second kappa shape index (κ2) is 6.45. The van der Waals surface area contributed by atoms with Gasteiger partial charge in [0.1, 0.15) is 0 Å². The number of benzene rings is 2. The Balaban J connectivity index is 1.74. The molecule has 0 bridgehead atoms. The molecule has 1 aromatic heterocycles. The third-order valence-electron chi connectivity index (χ3n) is 3.54. The van der Waals surface area contributed by atoms with E-state index in [2.05, 4.69) is 14.9 Å². The van der Waals surface area contributed by atoms with Crippen molar-refractivity contribution < 1.29 is 12.8 Å². The van der Waals surface area contributed by atoms with E-state index in [0.717, 1.165) is 16.7 Å². The highest BCUT2D eigenvalue weighted by molar-refractivity contribution is 7.91. The minimum atomic E-state index is -3.48. The first-order valence-corrected chi connectivity index (χ1v) is 9.04. The zero-order valence-corrected chi connectivity index (χ0v) is 14.2. The molecule has 0 radical (unpaired) electrons. The van der Waals surface area contributed by atoms with E-state index < -0.39 is 10.0 Å². The number of nitrogens with one attached hydrogen (secondary N) is 1. The van der Waals surface area contributed by atoms with Crippen LogP contribution in [0.15, 0.2) is 52.9 Å². The normalized spacial score (nSPS) is 11.4. The number of aryl methyl sites for hydroxylation is 2. The van der Waals surface area contributed by atoms with Crippen LogP contribution in [0.3, 0.4) is 0 Å². The summed E-state index contributed by atoms with van der Waals surface area (Å²) in [5.74, 6) is 0.819. The highest BCUT2D eigenvalue weighted by atomic mass is 32.2. The lowest BCUT2D eigenvalue weighted by Crippen LogP contribution is -2.15. The monoisotopic (exact) mass is 343 g/mol. The van der Waals surface area contributed by atoms with E-state index in [-0.39, 0.29) is 5.75 Å². The van der Waals surface area contributed by atoms with Gasteiger partial charge in [-0.25, -0.2) is 8.42 Å². The molecule has 3 rings (SSSR count). The summed E-state index contributed by atoms with van der Waals surface area (Å²) in [6.45, 7) is 3.61. The molecule has 7 heteroatoms. The zero-order valence-electron chi connectivity index (χ0n) is 13.4. The Hall–Kier alpha value is -2.67. The molecule has 6 nitrogen and oxygen atoms in total. The third kappa shape index (κ3) is 3.80. The first-order chi connectivity index (χ1) is 11.4. The highest BCUT2D eigenvalue weighted by Gasteiger charge is 2.13. The molecule has 3 aromatic rings. The van der Waals surface area contributed by atoms with Gasteiger partial charge in [0.2, 0.25) is 21.8 Å². The molecular formula is C17H17N3O3S. The van der Waals surface area contributed by atoms with Crippen molar-refractivity contribution in [2.24, 2.45) is 0 Å². The molecule has 0 unspecified atom stereocenters. The van der Waals surface area contributed by atoms with Crippen molar-refractivity contribution in [3.63, 3.8) is 0 Å². The molecule has 0 amide bonds. The molecular weight excluding hydrogens is 326 g/mol. The summed E-state index contributed by atoms with van der Waals surface area (Å²) in [6.07, 6.45) is 0. The summed E-state index contributed by atoms with van der Waals surface area (Å²) >= 11 is 0. The fourth-order valence-corrected chi connectivity index (χ4v) is 3.59. The van der Waals surface area contributed by atoms with E-state index in [4.69, 9.17) is 4.42 Å². The van der Waals surface area contributed by atoms with Gasteiger partial charge in [-0.2, -0.15) is 0 Å². The lowest BCUT2D eigenvalue weighted by molar-refractivity contribution is 0.533. The standard InChI is InChI=1S/C17H17N3O3S/c1-12-5-3-4-6-15(12)11-24(21,22)20-16-9-7-14(8-10-16)17-19-18-13(2)23-17/h3-10,20H,11H2,1-2H3. The number of hydrogen-bond donors (Lipinski definition) is 1. The van der Waals surface area contributed by atoms with Crippen molar-refractivity contribution in [2.75, 3.05) is 4.72 Å². The molecule has 0 saturated heterocycles. The van der Waals surface area contributed by atoms with Gasteiger partial charge in [0.15, 0.2) is 0 Å². The topological polar surface area (TPSA) is 85.1 Å². The maximum atomic E-state index is 12.3. The minimum absolute atomic E-state index is 0.0652. The second-order valence-electron chi connectivity index (χ2n) is 5.49. The van der Waals surface area contributed by atoms with E-state index in [1.54, 1.807) is 31.2 Å². The van der Waals surface area contributed by atoms with Gasteiger partial charge in [0.05, 0.1) is 5.75 Å². The Labute approximate surface area is 140 Å². The first kappa shape index (κ1) is 16.2. The predicted molar refractivity (Wildman–Crippen MR) is 91.9 cm³/mol. The lowest BCUT2D eigenvalue weighted by Gasteiger charge is -2.10. The van der Waals surface area contributed by atoms with Crippen molar-refractivity contribution in [1.29, 1.82) is 0 Å². The van der Waals surface area contributed by atoms with Gasteiger partial charge in [0.25, 0.3) is 0 Å². The highest BCUT2D eigenvalue weighted by Crippen LogP contribution is 2.21. The third-order valence-corrected chi connectivity index (χ3v) is 4.78. The fourth-order valence-electron chi connectivity index (χ4n) is 2.29. The molecule has 1 N–H and O–H groups in total. The van der Waals surface area contributed by atoms with Crippen molar-refractivity contribution in [2.45, 2.75) is 19.6 Å². The SMILES string of the molecule is Cc1nnc(-c2ccc(NS(=O)(=O)Cc3ccccc3C)cc2)o1. The molecule has 24 heavy (non-hydrogen) atoms. The first-order valence-electron chi connectivity index (χ1n) is 7.38. The average molecular weight is 343 g/mol. The molecule has 0 fully saturated rings. The van der Waals surface area contributed by atoms with Gasteiger partial charge in [-0.15, -0.1) is 10.2 Å². The summed E-state index contributed by atoms with van der Waals surface area (Å²) in [7, 11) is -3.48. The molecule has 0 saturated carbocycles. The number of anilines is 1. The van der Waals surface area contributed by atoms with Crippen LogP contribution in [0.1, 0.15) is 17.0 Å². The van der Waals surface area contributed by atoms with Gasteiger partial charge < -0.3 is 4.42 Å². The van der Waals surface area contributed by atoms with Crippen LogP contribution in [0, 0.1) is 13.8 Å². The Morgan fingerprint density at radius 2 is 1.71 bits per heavy atom. The van der Waals surface area contributed by atoms with Crippen LogP contribution in [-0.4, -0.2) is 18.6 Å². The van der Waals surface area contributed by atoms with E-state index in [1.807, 2.05) is 31.2 Å². The summed E-state index contributed by atoms with van der Waals surface area (Å²) in [5, 5.41) is 7.70. The van der Waals surface area contributed by atoms with Crippen LogP contribution in [0.4, 0.5) is 5.69 Å². The molecule has 0 aliphatic heterocycles.